The van der Waals surface area contributed by atoms with Gasteiger partial charge in [0.2, 0.25) is 0 Å². The van der Waals surface area contributed by atoms with Crippen molar-refractivity contribution in [2.24, 2.45) is 5.73 Å². The Balaban J connectivity index is 2.60. The van der Waals surface area contributed by atoms with Crippen LogP contribution in [-0.2, 0) is 6.42 Å². The first-order valence-corrected chi connectivity index (χ1v) is 6.06. The molecule has 0 atom stereocenters. The number of aromatic amines is 1. The molecule has 18 heavy (non-hydrogen) atoms. The van der Waals surface area contributed by atoms with Gasteiger partial charge in [0, 0.05) is 23.2 Å². The van der Waals surface area contributed by atoms with Gasteiger partial charge in [0.25, 0.3) is 0 Å². The monoisotopic (exact) mass is 245 g/mol. The van der Waals surface area contributed by atoms with Crippen molar-refractivity contribution in [2.75, 3.05) is 13.7 Å². The molecular formula is C14H19N3O. The van der Waals surface area contributed by atoms with Crippen LogP contribution in [0.3, 0.4) is 0 Å². The number of nitrogens with two attached hydrogens (primary N) is 1. The molecule has 1 aromatic heterocycles. The molecule has 1 heterocycles. The Morgan fingerprint density at radius 3 is 2.78 bits per heavy atom. The number of hydrogen-bond acceptors (Lipinski definition) is 3. The van der Waals surface area contributed by atoms with Crippen LogP contribution in [0.5, 0.6) is 5.75 Å². The molecule has 0 aliphatic heterocycles. The maximum absolute atomic E-state index is 5.63. The summed E-state index contributed by atoms with van der Waals surface area (Å²) < 4.78 is 5.44. The molecule has 96 valence electrons. The smallest absolute Gasteiger partial charge is 0.126 e. The summed E-state index contributed by atoms with van der Waals surface area (Å²) in [5.74, 6) is 0.864. The van der Waals surface area contributed by atoms with Gasteiger partial charge in [-0.2, -0.15) is 5.10 Å². The van der Waals surface area contributed by atoms with Crippen molar-refractivity contribution in [1.82, 2.24) is 10.2 Å². The fourth-order valence-corrected chi connectivity index (χ4v) is 2.17. The van der Waals surface area contributed by atoms with Crippen molar-refractivity contribution >= 4 is 0 Å². The molecule has 4 nitrogen and oxygen atoms in total. The maximum atomic E-state index is 5.63. The van der Waals surface area contributed by atoms with E-state index in [1.807, 2.05) is 19.1 Å². The highest BCUT2D eigenvalue weighted by Crippen LogP contribution is 2.34. The molecule has 0 spiro atoms. The lowest BCUT2D eigenvalue weighted by molar-refractivity contribution is 0.416. The molecule has 0 aliphatic rings. The minimum absolute atomic E-state index is 0.589. The third-order valence-electron chi connectivity index (χ3n) is 3.03. The van der Waals surface area contributed by atoms with E-state index in [4.69, 9.17) is 10.5 Å². The molecule has 0 aliphatic carbocycles. The summed E-state index contributed by atoms with van der Waals surface area (Å²) in [7, 11) is 1.69. The number of methoxy groups -OCH3 is 1. The Morgan fingerprint density at radius 1 is 1.33 bits per heavy atom. The molecule has 0 bridgehead atoms. The molecule has 2 aromatic rings. The average Bonchev–Trinajstić information content (AvgIpc) is 2.71. The fourth-order valence-electron chi connectivity index (χ4n) is 2.17. The van der Waals surface area contributed by atoms with Crippen molar-refractivity contribution < 1.29 is 4.74 Å². The standard InChI is InChI=1S/C14H19N3O/c1-9-4-5-13(18-3)11(8-9)14-10(2)16-17-12(14)6-7-15/h4-5,8H,6-7,15H2,1-3H3,(H,16,17). The van der Waals surface area contributed by atoms with Crippen molar-refractivity contribution in [3.8, 4) is 16.9 Å². The van der Waals surface area contributed by atoms with Crippen LogP contribution < -0.4 is 10.5 Å². The number of ether oxygens (including phenoxy) is 1. The normalized spacial score (nSPS) is 10.7. The summed E-state index contributed by atoms with van der Waals surface area (Å²) in [5, 5.41) is 7.36. The molecule has 0 fully saturated rings. The molecule has 0 amide bonds. The zero-order valence-corrected chi connectivity index (χ0v) is 11.1. The number of aryl methyl sites for hydroxylation is 2. The maximum Gasteiger partial charge on any atom is 0.126 e. The third kappa shape index (κ3) is 2.24. The Bertz CT molecular complexity index is 546. The highest BCUT2D eigenvalue weighted by atomic mass is 16.5. The molecule has 3 N–H and O–H groups in total. The Morgan fingerprint density at radius 2 is 2.11 bits per heavy atom. The van der Waals surface area contributed by atoms with E-state index in [2.05, 4.69) is 23.2 Å². The summed E-state index contributed by atoms with van der Waals surface area (Å²) in [5.41, 5.74) is 11.1. The van der Waals surface area contributed by atoms with Gasteiger partial charge >= 0.3 is 0 Å². The first kappa shape index (κ1) is 12.6. The topological polar surface area (TPSA) is 63.9 Å². The molecule has 2 rings (SSSR count). The summed E-state index contributed by atoms with van der Waals surface area (Å²) >= 11 is 0. The SMILES string of the molecule is COc1ccc(C)cc1-c1c(CCN)n[nH]c1C. The van der Waals surface area contributed by atoms with E-state index in [1.165, 1.54) is 5.56 Å². The molecule has 1 aromatic carbocycles. The van der Waals surface area contributed by atoms with Crippen LogP contribution in [0.2, 0.25) is 0 Å². The molecule has 0 saturated carbocycles. The minimum atomic E-state index is 0.589. The van der Waals surface area contributed by atoms with Gasteiger partial charge < -0.3 is 10.5 Å². The number of aromatic nitrogens is 2. The predicted molar refractivity (Wildman–Crippen MR) is 72.8 cm³/mol. The van der Waals surface area contributed by atoms with Crippen LogP contribution in [0, 0.1) is 13.8 Å². The van der Waals surface area contributed by atoms with Gasteiger partial charge in [0.15, 0.2) is 0 Å². The van der Waals surface area contributed by atoms with E-state index in [1.54, 1.807) is 7.11 Å². The molecule has 4 heteroatoms. The van der Waals surface area contributed by atoms with Crippen molar-refractivity contribution in [3.05, 3.63) is 35.2 Å². The molecular weight excluding hydrogens is 226 g/mol. The van der Waals surface area contributed by atoms with Gasteiger partial charge in [-0.3, -0.25) is 5.10 Å². The second-order valence-electron chi connectivity index (χ2n) is 4.41. The average molecular weight is 245 g/mol. The number of benzene rings is 1. The van der Waals surface area contributed by atoms with Gasteiger partial charge in [-0.25, -0.2) is 0 Å². The van der Waals surface area contributed by atoms with E-state index >= 15 is 0 Å². The van der Waals surface area contributed by atoms with Gasteiger partial charge in [-0.15, -0.1) is 0 Å². The highest BCUT2D eigenvalue weighted by Gasteiger charge is 2.15. The van der Waals surface area contributed by atoms with E-state index in [-0.39, 0.29) is 0 Å². The Kier molecular flexibility index (Phi) is 3.67. The highest BCUT2D eigenvalue weighted by molar-refractivity contribution is 5.75. The zero-order valence-electron chi connectivity index (χ0n) is 11.1. The van der Waals surface area contributed by atoms with E-state index in [0.29, 0.717) is 6.54 Å². The lowest BCUT2D eigenvalue weighted by atomic mass is 9.99. The van der Waals surface area contributed by atoms with Crippen LogP contribution in [-0.4, -0.2) is 23.9 Å². The van der Waals surface area contributed by atoms with Crippen LogP contribution in [0.1, 0.15) is 17.0 Å². The van der Waals surface area contributed by atoms with Crippen molar-refractivity contribution in [3.63, 3.8) is 0 Å². The number of H-pyrrole nitrogens is 1. The summed E-state index contributed by atoms with van der Waals surface area (Å²) in [6.07, 6.45) is 0.761. The third-order valence-corrected chi connectivity index (χ3v) is 3.03. The first-order chi connectivity index (χ1) is 8.67. The second-order valence-corrected chi connectivity index (χ2v) is 4.41. The largest absolute Gasteiger partial charge is 0.496 e. The predicted octanol–water partition coefficient (Wildman–Crippen LogP) is 2.20. The van der Waals surface area contributed by atoms with E-state index < -0.39 is 0 Å². The van der Waals surface area contributed by atoms with Crippen molar-refractivity contribution in [2.45, 2.75) is 20.3 Å². The van der Waals surface area contributed by atoms with Gasteiger partial charge in [0.05, 0.1) is 12.8 Å². The summed E-state index contributed by atoms with van der Waals surface area (Å²) in [6.45, 7) is 4.68. The first-order valence-electron chi connectivity index (χ1n) is 6.06. The van der Waals surface area contributed by atoms with Gasteiger partial charge in [-0.1, -0.05) is 11.6 Å². The van der Waals surface area contributed by atoms with E-state index in [0.717, 1.165) is 34.7 Å². The van der Waals surface area contributed by atoms with Crippen LogP contribution in [0.15, 0.2) is 18.2 Å². The van der Waals surface area contributed by atoms with Crippen LogP contribution in [0.25, 0.3) is 11.1 Å². The van der Waals surface area contributed by atoms with Crippen LogP contribution >= 0.6 is 0 Å². The zero-order chi connectivity index (χ0) is 13.1. The van der Waals surface area contributed by atoms with Crippen LogP contribution in [0.4, 0.5) is 0 Å². The van der Waals surface area contributed by atoms with Gasteiger partial charge in [-0.05, 0) is 32.5 Å². The van der Waals surface area contributed by atoms with Crippen molar-refractivity contribution in [1.29, 1.82) is 0 Å². The molecule has 0 unspecified atom stereocenters. The lowest BCUT2D eigenvalue weighted by Gasteiger charge is -2.10. The number of nitrogens with one attached hydrogen (secondary N) is 1. The fraction of sp³-hybridized carbons (Fsp3) is 0.357. The molecule has 0 radical (unpaired) electrons. The summed E-state index contributed by atoms with van der Waals surface area (Å²) in [6, 6.07) is 6.15. The lowest BCUT2D eigenvalue weighted by Crippen LogP contribution is -2.04. The Hall–Kier alpha value is -1.81. The van der Waals surface area contributed by atoms with Gasteiger partial charge in [0.1, 0.15) is 5.75 Å². The van der Waals surface area contributed by atoms with E-state index in [9.17, 15) is 0 Å². The second kappa shape index (κ2) is 5.23. The minimum Gasteiger partial charge on any atom is -0.496 e. The number of hydrogen-bond donors (Lipinski definition) is 2. The quantitative estimate of drug-likeness (QED) is 0.868. The number of nitrogens with zero attached hydrogens (tertiary/aromatic N) is 1. The molecule has 0 saturated heterocycles. The summed E-state index contributed by atoms with van der Waals surface area (Å²) in [4.78, 5) is 0. The number of rotatable bonds is 4. The Labute approximate surface area is 107 Å².